The quantitative estimate of drug-likeness (QED) is 0.794. The molecule has 0 amide bonds. The van der Waals surface area contributed by atoms with Crippen molar-refractivity contribution >= 4 is 10.2 Å². The van der Waals surface area contributed by atoms with E-state index >= 15 is 0 Å². The van der Waals surface area contributed by atoms with Gasteiger partial charge in [-0.25, -0.2) is 0 Å². The van der Waals surface area contributed by atoms with Gasteiger partial charge < -0.3 is 5.11 Å². The standard InChI is InChI=1S/C11H24N2O3S/c1-4-10-9-13(8-7-11(10)14)17(15,16)12(5-2)6-3/h10-11,14H,4-9H2,1-3H3. The molecule has 0 aliphatic carbocycles. The molecule has 1 rings (SSSR count). The van der Waals surface area contributed by atoms with Crippen molar-refractivity contribution in [2.75, 3.05) is 26.2 Å². The van der Waals surface area contributed by atoms with E-state index in [1.54, 1.807) is 0 Å². The zero-order valence-electron chi connectivity index (χ0n) is 11.0. The highest BCUT2D eigenvalue weighted by Crippen LogP contribution is 2.23. The average molecular weight is 264 g/mol. The highest BCUT2D eigenvalue weighted by Gasteiger charge is 2.35. The number of hydrogen-bond donors (Lipinski definition) is 1. The van der Waals surface area contributed by atoms with Gasteiger partial charge in [0.15, 0.2) is 0 Å². The summed E-state index contributed by atoms with van der Waals surface area (Å²) < 4.78 is 27.6. The van der Waals surface area contributed by atoms with Gasteiger partial charge in [0.2, 0.25) is 0 Å². The molecule has 0 radical (unpaired) electrons. The fourth-order valence-corrected chi connectivity index (χ4v) is 4.01. The first-order valence-corrected chi connectivity index (χ1v) is 7.80. The molecule has 2 atom stereocenters. The van der Waals surface area contributed by atoms with Crippen LogP contribution in [0.5, 0.6) is 0 Å². The van der Waals surface area contributed by atoms with Crippen molar-refractivity contribution < 1.29 is 13.5 Å². The maximum absolute atomic E-state index is 12.3. The fourth-order valence-electron chi connectivity index (χ4n) is 2.31. The minimum atomic E-state index is -3.34. The van der Waals surface area contributed by atoms with Crippen LogP contribution in [0, 0.1) is 5.92 Å². The van der Waals surface area contributed by atoms with E-state index in [0.29, 0.717) is 32.6 Å². The summed E-state index contributed by atoms with van der Waals surface area (Å²) in [5.41, 5.74) is 0. The van der Waals surface area contributed by atoms with Crippen LogP contribution in [-0.4, -0.2) is 54.4 Å². The van der Waals surface area contributed by atoms with Gasteiger partial charge in [0, 0.05) is 26.2 Å². The van der Waals surface area contributed by atoms with Gasteiger partial charge >= 0.3 is 0 Å². The molecule has 1 saturated heterocycles. The third kappa shape index (κ3) is 3.19. The lowest BCUT2D eigenvalue weighted by Crippen LogP contribution is -2.51. The zero-order valence-corrected chi connectivity index (χ0v) is 11.8. The summed E-state index contributed by atoms with van der Waals surface area (Å²) in [6, 6.07) is 0. The van der Waals surface area contributed by atoms with Gasteiger partial charge in [0.05, 0.1) is 6.10 Å². The third-order valence-electron chi connectivity index (χ3n) is 3.54. The summed E-state index contributed by atoms with van der Waals surface area (Å²) in [5, 5.41) is 9.77. The lowest BCUT2D eigenvalue weighted by molar-refractivity contribution is 0.0503. The van der Waals surface area contributed by atoms with Gasteiger partial charge in [-0.1, -0.05) is 20.8 Å². The summed E-state index contributed by atoms with van der Waals surface area (Å²) in [5.74, 6) is 0.0640. The number of aliphatic hydroxyl groups is 1. The molecule has 0 aromatic rings. The van der Waals surface area contributed by atoms with Crippen molar-refractivity contribution in [3.63, 3.8) is 0 Å². The highest BCUT2D eigenvalue weighted by molar-refractivity contribution is 7.86. The monoisotopic (exact) mass is 264 g/mol. The minimum Gasteiger partial charge on any atom is -0.393 e. The molecule has 0 aromatic carbocycles. The first kappa shape index (κ1) is 14.9. The van der Waals surface area contributed by atoms with Crippen molar-refractivity contribution in [3.05, 3.63) is 0 Å². The Morgan fingerprint density at radius 1 is 1.29 bits per heavy atom. The summed E-state index contributed by atoms with van der Waals surface area (Å²) in [7, 11) is -3.34. The molecule has 6 heteroatoms. The topological polar surface area (TPSA) is 60.9 Å². The van der Waals surface area contributed by atoms with Crippen LogP contribution in [0.4, 0.5) is 0 Å². The number of aliphatic hydroxyl groups excluding tert-OH is 1. The predicted octanol–water partition coefficient (Wildman–Crippen LogP) is 0.666. The molecule has 2 unspecified atom stereocenters. The molecular weight excluding hydrogens is 240 g/mol. The van der Waals surface area contributed by atoms with Crippen LogP contribution in [0.25, 0.3) is 0 Å². The van der Waals surface area contributed by atoms with Gasteiger partial charge in [-0.05, 0) is 18.8 Å². The molecular formula is C11H24N2O3S. The smallest absolute Gasteiger partial charge is 0.281 e. The van der Waals surface area contributed by atoms with Crippen LogP contribution in [0.15, 0.2) is 0 Å². The third-order valence-corrected chi connectivity index (χ3v) is 5.69. The Hall–Kier alpha value is -0.170. The predicted molar refractivity (Wildman–Crippen MR) is 67.8 cm³/mol. The van der Waals surface area contributed by atoms with Crippen LogP contribution < -0.4 is 0 Å². The highest BCUT2D eigenvalue weighted by atomic mass is 32.2. The molecule has 1 fully saturated rings. The second-order valence-electron chi connectivity index (χ2n) is 4.47. The van der Waals surface area contributed by atoms with E-state index in [1.807, 2.05) is 20.8 Å². The van der Waals surface area contributed by atoms with E-state index in [1.165, 1.54) is 8.61 Å². The SMILES string of the molecule is CCC1CN(S(=O)(=O)N(CC)CC)CCC1O. The summed E-state index contributed by atoms with van der Waals surface area (Å²) in [6.45, 7) is 7.53. The molecule has 1 aliphatic rings. The normalized spacial score (nSPS) is 27.6. The summed E-state index contributed by atoms with van der Waals surface area (Å²) in [6.07, 6.45) is 0.993. The minimum absolute atomic E-state index is 0.0640. The summed E-state index contributed by atoms with van der Waals surface area (Å²) in [4.78, 5) is 0. The Kier molecular flexibility index (Phi) is 5.37. The fraction of sp³-hybridized carbons (Fsp3) is 1.00. The summed E-state index contributed by atoms with van der Waals surface area (Å²) >= 11 is 0. The Bertz CT molecular complexity index is 328. The first-order valence-electron chi connectivity index (χ1n) is 6.40. The van der Waals surface area contributed by atoms with Crippen molar-refractivity contribution in [2.45, 2.75) is 39.7 Å². The van der Waals surface area contributed by atoms with Crippen molar-refractivity contribution in [2.24, 2.45) is 5.92 Å². The van der Waals surface area contributed by atoms with Crippen LogP contribution in [0.2, 0.25) is 0 Å². The average Bonchev–Trinajstić information content (AvgIpc) is 2.30. The molecule has 0 bridgehead atoms. The number of nitrogens with zero attached hydrogens (tertiary/aromatic N) is 2. The van der Waals surface area contributed by atoms with E-state index in [9.17, 15) is 13.5 Å². The lowest BCUT2D eigenvalue weighted by atomic mass is 9.94. The first-order chi connectivity index (χ1) is 7.97. The Morgan fingerprint density at radius 2 is 1.88 bits per heavy atom. The van der Waals surface area contributed by atoms with E-state index in [2.05, 4.69) is 0 Å². The largest absolute Gasteiger partial charge is 0.393 e. The van der Waals surface area contributed by atoms with Crippen LogP contribution >= 0.6 is 0 Å². The van der Waals surface area contributed by atoms with Gasteiger partial charge in [0.1, 0.15) is 0 Å². The van der Waals surface area contributed by atoms with E-state index in [0.717, 1.165) is 6.42 Å². The van der Waals surface area contributed by atoms with Gasteiger partial charge in [-0.15, -0.1) is 0 Å². The Labute approximate surface area is 105 Å². The number of piperidine rings is 1. The molecule has 1 N–H and O–H groups in total. The number of rotatable bonds is 5. The molecule has 1 aliphatic heterocycles. The Morgan fingerprint density at radius 3 is 2.35 bits per heavy atom. The van der Waals surface area contributed by atoms with Crippen molar-refractivity contribution in [3.8, 4) is 0 Å². The van der Waals surface area contributed by atoms with E-state index in [-0.39, 0.29) is 12.0 Å². The van der Waals surface area contributed by atoms with Crippen molar-refractivity contribution in [1.29, 1.82) is 0 Å². The second kappa shape index (κ2) is 6.13. The molecule has 5 nitrogen and oxygen atoms in total. The maximum Gasteiger partial charge on any atom is 0.281 e. The zero-order chi connectivity index (χ0) is 13.1. The van der Waals surface area contributed by atoms with E-state index in [4.69, 9.17) is 0 Å². The van der Waals surface area contributed by atoms with Crippen LogP contribution in [0.1, 0.15) is 33.6 Å². The molecule has 0 spiro atoms. The van der Waals surface area contributed by atoms with Gasteiger partial charge in [-0.2, -0.15) is 17.0 Å². The second-order valence-corrected chi connectivity index (χ2v) is 6.40. The van der Waals surface area contributed by atoms with Gasteiger partial charge in [-0.3, -0.25) is 0 Å². The lowest BCUT2D eigenvalue weighted by Gasteiger charge is -2.37. The molecule has 102 valence electrons. The maximum atomic E-state index is 12.3. The van der Waals surface area contributed by atoms with E-state index < -0.39 is 10.2 Å². The molecule has 0 aromatic heterocycles. The Balaban J connectivity index is 2.79. The molecule has 1 heterocycles. The van der Waals surface area contributed by atoms with Gasteiger partial charge in [0.25, 0.3) is 10.2 Å². The molecule has 17 heavy (non-hydrogen) atoms. The van der Waals surface area contributed by atoms with Crippen molar-refractivity contribution in [1.82, 2.24) is 8.61 Å². The van der Waals surface area contributed by atoms with Crippen LogP contribution in [0.3, 0.4) is 0 Å². The number of hydrogen-bond acceptors (Lipinski definition) is 3. The molecule has 0 saturated carbocycles. The van der Waals surface area contributed by atoms with Crippen LogP contribution in [-0.2, 0) is 10.2 Å².